The molecule has 0 unspecified atom stereocenters. The number of hydrogen-bond acceptors (Lipinski definition) is 5. The fourth-order valence-corrected chi connectivity index (χ4v) is 3.26. The number of aromatic hydroxyl groups is 1. The zero-order valence-corrected chi connectivity index (χ0v) is 16.5. The van der Waals surface area contributed by atoms with Crippen LogP contribution in [0, 0.1) is 13.8 Å². The highest BCUT2D eigenvalue weighted by Crippen LogP contribution is 2.35. The number of ether oxygens (including phenoxy) is 1. The van der Waals surface area contributed by atoms with E-state index in [1.807, 2.05) is 0 Å². The van der Waals surface area contributed by atoms with E-state index >= 15 is 0 Å². The minimum Gasteiger partial charge on any atom is -0.507 e. The predicted molar refractivity (Wildman–Crippen MR) is 107 cm³/mol. The third-order valence-electron chi connectivity index (χ3n) is 4.98. The SMILES string of the molecule is Cc1c(-c2cc3ccc(OCc4ccccc4C(F)(F)F)cc3o2)oc(=O)c(C)c1O. The van der Waals surface area contributed by atoms with E-state index in [-0.39, 0.29) is 35.0 Å². The molecule has 2 aromatic heterocycles. The van der Waals surface area contributed by atoms with Gasteiger partial charge >= 0.3 is 11.8 Å². The molecule has 8 heteroatoms. The maximum absolute atomic E-state index is 13.1. The Balaban J connectivity index is 1.64. The lowest BCUT2D eigenvalue weighted by Gasteiger charge is -2.13. The van der Waals surface area contributed by atoms with Crippen LogP contribution in [0.4, 0.5) is 13.2 Å². The summed E-state index contributed by atoms with van der Waals surface area (Å²) in [5.41, 5.74) is -0.558. The van der Waals surface area contributed by atoms with Crippen LogP contribution < -0.4 is 10.4 Å². The molecule has 0 saturated carbocycles. The summed E-state index contributed by atoms with van der Waals surface area (Å²) in [6.07, 6.45) is -4.47. The summed E-state index contributed by atoms with van der Waals surface area (Å²) in [7, 11) is 0. The summed E-state index contributed by atoms with van der Waals surface area (Å²) >= 11 is 0. The van der Waals surface area contributed by atoms with E-state index in [1.54, 1.807) is 25.1 Å². The van der Waals surface area contributed by atoms with Gasteiger partial charge < -0.3 is 18.7 Å². The second-order valence-corrected chi connectivity index (χ2v) is 7.07. The number of hydrogen-bond donors (Lipinski definition) is 1. The van der Waals surface area contributed by atoms with Crippen LogP contribution in [0.25, 0.3) is 22.5 Å². The minimum absolute atomic E-state index is 0.0164. The van der Waals surface area contributed by atoms with Gasteiger partial charge in [0.05, 0.1) is 11.1 Å². The zero-order chi connectivity index (χ0) is 22.3. The van der Waals surface area contributed by atoms with Gasteiger partial charge in [-0.2, -0.15) is 13.2 Å². The fraction of sp³-hybridized carbons (Fsp3) is 0.174. The Labute approximate surface area is 174 Å². The first kappa shape index (κ1) is 20.6. The third-order valence-corrected chi connectivity index (χ3v) is 4.98. The van der Waals surface area contributed by atoms with Gasteiger partial charge in [-0.1, -0.05) is 18.2 Å². The molecule has 0 saturated heterocycles. The molecule has 0 bridgehead atoms. The quantitative estimate of drug-likeness (QED) is 0.432. The Bertz CT molecular complexity index is 1330. The lowest BCUT2D eigenvalue weighted by Crippen LogP contribution is -2.10. The average Bonchev–Trinajstić information content (AvgIpc) is 3.16. The highest BCUT2D eigenvalue weighted by atomic mass is 19.4. The number of fused-ring (bicyclic) bond motifs is 1. The van der Waals surface area contributed by atoms with Crippen molar-refractivity contribution in [3.8, 4) is 23.0 Å². The first-order valence-electron chi connectivity index (χ1n) is 9.30. The van der Waals surface area contributed by atoms with E-state index in [1.165, 1.54) is 31.2 Å². The summed E-state index contributed by atoms with van der Waals surface area (Å²) < 4.78 is 56.0. The van der Waals surface area contributed by atoms with Crippen molar-refractivity contribution in [3.05, 3.63) is 81.2 Å². The molecule has 2 heterocycles. The molecule has 2 aromatic carbocycles. The molecule has 160 valence electrons. The summed E-state index contributed by atoms with van der Waals surface area (Å²) in [5, 5.41) is 10.8. The molecule has 0 aliphatic rings. The molecule has 0 aliphatic heterocycles. The lowest BCUT2D eigenvalue weighted by molar-refractivity contribution is -0.138. The van der Waals surface area contributed by atoms with Crippen LogP contribution in [0.3, 0.4) is 0 Å². The largest absolute Gasteiger partial charge is 0.507 e. The fourth-order valence-electron chi connectivity index (χ4n) is 3.26. The van der Waals surface area contributed by atoms with Crippen LogP contribution in [-0.2, 0) is 12.8 Å². The maximum atomic E-state index is 13.1. The van der Waals surface area contributed by atoms with Gasteiger partial charge in [0.1, 0.15) is 23.7 Å². The highest BCUT2D eigenvalue weighted by Gasteiger charge is 2.33. The van der Waals surface area contributed by atoms with E-state index in [9.17, 15) is 23.1 Å². The minimum atomic E-state index is -4.47. The predicted octanol–water partition coefficient (Wildman–Crippen LogP) is 5.97. The van der Waals surface area contributed by atoms with Crippen molar-refractivity contribution in [3.63, 3.8) is 0 Å². The van der Waals surface area contributed by atoms with E-state index < -0.39 is 17.4 Å². The Morgan fingerprint density at radius 1 is 1.00 bits per heavy atom. The molecular formula is C23H17F3O5. The summed E-state index contributed by atoms with van der Waals surface area (Å²) in [6, 6.07) is 11.7. The van der Waals surface area contributed by atoms with Crippen molar-refractivity contribution in [2.24, 2.45) is 0 Å². The van der Waals surface area contributed by atoms with Gasteiger partial charge in [0.15, 0.2) is 11.5 Å². The number of halogens is 3. The first-order chi connectivity index (χ1) is 14.6. The summed E-state index contributed by atoms with van der Waals surface area (Å²) in [6.45, 7) is 2.78. The van der Waals surface area contributed by atoms with Crippen molar-refractivity contribution in [1.82, 2.24) is 0 Å². The van der Waals surface area contributed by atoms with Crippen molar-refractivity contribution in [1.29, 1.82) is 0 Å². The monoisotopic (exact) mass is 430 g/mol. The average molecular weight is 430 g/mol. The summed E-state index contributed by atoms with van der Waals surface area (Å²) in [5.74, 6) is 0.486. The standard InChI is InChI=1S/C23H17F3O5/c1-12-20(27)13(2)22(28)31-21(12)19-9-14-7-8-16(10-18(14)30-19)29-11-15-5-3-4-6-17(15)23(24,25)26/h3-10,27H,11H2,1-2H3. The molecule has 0 aliphatic carbocycles. The number of rotatable bonds is 4. The number of furan rings is 1. The van der Waals surface area contributed by atoms with Gasteiger partial charge in [-0.15, -0.1) is 0 Å². The first-order valence-corrected chi connectivity index (χ1v) is 9.30. The molecule has 0 radical (unpaired) electrons. The topological polar surface area (TPSA) is 72.8 Å². The van der Waals surface area contributed by atoms with Gasteiger partial charge in [-0.05, 0) is 38.1 Å². The smallest absolute Gasteiger partial charge is 0.416 e. The molecule has 4 aromatic rings. The van der Waals surface area contributed by atoms with Crippen LogP contribution in [0.5, 0.6) is 11.5 Å². The molecule has 0 amide bonds. The van der Waals surface area contributed by atoms with Crippen molar-refractivity contribution in [2.75, 3.05) is 0 Å². The van der Waals surface area contributed by atoms with Crippen LogP contribution in [0.2, 0.25) is 0 Å². The van der Waals surface area contributed by atoms with Gasteiger partial charge in [0, 0.05) is 22.6 Å². The molecule has 31 heavy (non-hydrogen) atoms. The Hall–Kier alpha value is -3.68. The molecule has 0 spiro atoms. The van der Waals surface area contributed by atoms with Gasteiger partial charge in [-0.25, -0.2) is 4.79 Å². The Morgan fingerprint density at radius 2 is 1.74 bits per heavy atom. The molecule has 4 rings (SSSR count). The van der Waals surface area contributed by atoms with Crippen molar-refractivity contribution >= 4 is 11.0 Å². The molecule has 0 fully saturated rings. The molecule has 0 atom stereocenters. The third kappa shape index (κ3) is 3.88. The Morgan fingerprint density at radius 3 is 2.48 bits per heavy atom. The van der Waals surface area contributed by atoms with E-state index in [0.29, 0.717) is 22.3 Å². The molecular weight excluding hydrogens is 413 g/mol. The molecule has 1 N–H and O–H groups in total. The molecule has 5 nitrogen and oxygen atoms in total. The van der Waals surface area contributed by atoms with E-state index in [2.05, 4.69) is 0 Å². The van der Waals surface area contributed by atoms with Crippen molar-refractivity contribution in [2.45, 2.75) is 26.6 Å². The Kier molecular flexibility index (Phi) is 5.00. The van der Waals surface area contributed by atoms with E-state index in [4.69, 9.17) is 13.6 Å². The van der Waals surface area contributed by atoms with Crippen LogP contribution >= 0.6 is 0 Å². The maximum Gasteiger partial charge on any atom is 0.416 e. The lowest BCUT2D eigenvalue weighted by atomic mass is 10.1. The van der Waals surface area contributed by atoms with Crippen LogP contribution in [0.15, 0.2) is 62.2 Å². The number of alkyl halides is 3. The second kappa shape index (κ2) is 7.54. The van der Waals surface area contributed by atoms with Gasteiger partial charge in [0.2, 0.25) is 0 Å². The van der Waals surface area contributed by atoms with E-state index in [0.717, 1.165) is 6.07 Å². The van der Waals surface area contributed by atoms with Crippen molar-refractivity contribution < 1.29 is 31.8 Å². The summed E-state index contributed by atoms with van der Waals surface area (Å²) in [4.78, 5) is 11.9. The van der Waals surface area contributed by atoms with Gasteiger partial charge in [0.25, 0.3) is 0 Å². The zero-order valence-electron chi connectivity index (χ0n) is 16.5. The van der Waals surface area contributed by atoms with Gasteiger partial charge in [-0.3, -0.25) is 0 Å². The normalized spacial score (nSPS) is 11.8. The van der Waals surface area contributed by atoms with Crippen LogP contribution in [0.1, 0.15) is 22.3 Å². The van der Waals surface area contributed by atoms with Crippen LogP contribution in [-0.4, -0.2) is 5.11 Å². The highest BCUT2D eigenvalue weighted by molar-refractivity contribution is 5.83. The number of benzene rings is 2. The second-order valence-electron chi connectivity index (χ2n) is 7.07.